The molecule has 1 N–H and O–H groups in total. The molecule has 156 valence electrons. The van der Waals surface area contributed by atoms with E-state index in [9.17, 15) is 13.2 Å². The molecule has 0 radical (unpaired) electrons. The molecular weight excluding hydrogens is 386 g/mol. The van der Waals surface area contributed by atoms with Gasteiger partial charge in [-0.1, -0.05) is 60.2 Å². The van der Waals surface area contributed by atoms with Crippen molar-refractivity contribution in [2.24, 2.45) is 5.92 Å². The number of aryl methyl sites for hydroxylation is 1. The van der Waals surface area contributed by atoms with Crippen molar-refractivity contribution in [2.75, 3.05) is 27.2 Å². The lowest BCUT2D eigenvalue weighted by molar-refractivity contribution is -0.126. The minimum Gasteiger partial charge on any atom is -0.345 e. The lowest BCUT2D eigenvalue weighted by Gasteiger charge is -2.33. The van der Waals surface area contributed by atoms with E-state index in [-0.39, 0.29) is 24.4 Å². The van der Waals surface area contributed by atoms with Crippen LogP contribution in [-0.2, 0) is 15.0 Å². The van der Waals surface area contributed by atoms with Crippen LogP contribution in [0.2, 0.25) is 0 Å². The first-order chi connectivity index (χ1) is 13.8. The van der Waals surface area contributed by atoms with E-state index < -0.39 is 10.2 Å². The summed E-state index contributed by atoms with van der Waals surface area (Å²) in [5.74, 6) is -0.479. The number of carbonyl (C=O) groups excluding carboxylic acids is 1. The van der Waals surface area contributed by atoms with Crippen LogP contribution < -0.4 is 5.32 Å². The van der Waals surface area contributed by atoms with Gasteiger partial charge in [0.05, 0.1) is 12.0 Å². The lowest BCUT2D eigenvalue weighted by Crippen LogP contribution is -2.49. The quantitative estimate of drug-likeness (QED) is 0.789. The Hall–Kier alpha value is -2.22. The molecule has 1 aliphatic heterocycles. The van der Waals surface area contributed by atoms with Gasteiger partial charge >= 0.3 is 0 Å². The zero-order chi connectivity index (χ0) is 21.0. The maximum atomic E-state index is 13.1. The van der Waals surface area contributed by atoms with Gasteiger partial charge in [-0.15, -0.1) is 0 Å². The largest absolute Gasteiger partial charge is 0.345 e. The number of hydrogen-bond donors (Lipinski definition) is 1. The van der Waals surface area contributed by atoms with Crippen LogP contribution in [0.5, 0.6) is 0 Å². The fourth-order valence-corrected chi connectivity index (χ4v) is 4.81. The summed E-state index contributed by atoms with van der Waals surface area (Å²) in [6.45, 7) is 2.69. The van der Waals surface area contributed by atoms with Crippen LogP contribution in [0.25, 0.3) is 0 Å². The van der Waals surface area contributed by atoms with E-state index in [1.54, 1.807) is 0 Å². The van der Waals surface area contributed by atoms with Crippen LogP contribution in [0.15, 0.2) is 54.6 Å². The Bertz CT molecular complexity index is 928. The molecule has 2 aromatic rings. The third kappa shape index (κ3) is 5.04. The highest BCUT2D eigenvalue weighted by Crippen LogP contribution is 2.25. The molecule has 7 heteroatoms. The number of benzene rings is 2. The van der Waals surface area contributed by atoms with Crippen LogP contribution in [0.4, 0.5) is 0 Å². The number of nitrogens with one attached hydrogen (secondary N) is 1. The van der Waals surface area contributed by atoms with Crippen molar-refractivity contribution in [1.29, 1.82) is 0 Å². The Kier molecular flexibility index (Phi) is 6.72. The molecule has 3 rings (SSSR count). The SMILES string of the molecule is Cc1ccc([C@@H](NC(=O)[C@H]2CCCN(S(=O)(=O)N(C)C)C2)c2ccccc2)cc1. The van der Waals surface area contributed by atoms with Gasteiger partial charge < -0.3 is 5.32 Å². The van der Waals surface area contributed by atoms with Crippen LogP contribution in [0.1, 0.15) is 35.6 Å². The highest BCUT2D eigenvalue weighted by molar-refractivity contribution is 7.86. The molecule has 1 amide bonds. The van der Waals surface area contributed by atoms with Gasteiger partial charge in [0.1, 0.15) is 0 Å². The average molecular weight is 416 g/mol. The van der Waals surface area contributed by atoms with Gasteiger partial charge in [0.25, 0.3) is 10.2 Å². The van der Waals surface area contributed by atoms with E-state index in [2.05, 4.69) is 5.32 Å². The maximum Gasteiger partial charge on any atom is 0.281 e. The standard InChI is InChI=1S/C22H29N3O3S/c1-17-11-13-19(14-12-17)21(18-8-5-4-6-9-18)23-22(26)20-10-7-15-25(16-20)29(27,28)24(2)3/h4-6,8-9,11-14,20-21H,7,10,15-16H2,1-3H3,(H,23,26)/t20-,21-/m0/s1. The minimum absolute atomic E-state index is 0.113. The second-order valence-electron chi connectivity index (χ2n) is 7.75. The first-order valence-electron chi connectivity index (χ1n) is 9.88. The summed E-state index contributed by atoms with van der Waals surface area (Å²) in [6.07, 6.45) is 1.35. The maximum absolute atomic E-state index is 13.1. The Labute approximate surface area is 173 Å². The molecule has 29 heavy (non-hydrogen) atoms. The molecule has 1 saturated heterocycles. The van der Waals surface area contributed by atoms with Crippen LogP contribution >= 0.6 is 0 Å². The monoisotopic (exact) mass is 415 g/mol. The predicted molar refractivity (Wildman–Crippen MR) is 115 cm³/mol. The van der Waals surface area contributed by atoms with Gasteiger partial charge in [0.15, 0.2) is 0 Å². The molecule has 0 unspecified atom stereocenters. The highest BCUT2D eigenvalue weighted by Gasteiger charge is 2.34. The van der Waals surface area contributed by atoms with E-state index in [4.69, 9.17) is 0 Å². The second kappa shape index (κ2) is 9.07. The molecule has 1 heterocycles. The smallest absolute Gasteiger partial charge is 0.281 e. The molecule has 6 nitrogen and oxygen atoms in total. The number of piperidine rings is 1. The molecule has 2 atom stereocenters. The number of amides is 1. The summed E-state index contributed by atoms with van der Waals surface area (Å²) < 4.78 is 27.5. The van der Waals surface area contributed by atoms with E-state index >= 15 is 0 Å². The molecule has 1 fully saturated rings. The van der Waals surface area contributed by atoms with Gasteiger partial charge in [-0.2, -0.15) is 17.0 Å². The zero-order valence-corrected chi connectivity index (χ0v) is 18.0. The molecule has 0 saturated carbocycles. The fourth-order valence-electron chi connectivity index (χ4n) is 3.62. The van der Waals surface area contributed by atoms with E-state index in [0.29, 0.717) is 19.4 Å². The van der Waals surface area contributed by atoms with Gasteiger partial charge in [-0.05, 0) is 30.9 Å². The van der Waals surface area contributed by atoms with E-state index in [1.807, 2.05) is 61.5 Å². The Morgan fingerprint density at radius 3 is 2.31 bits per heavy atom. The van der Waals surface area contributed by atoms with Crippen molar-refractivity contribution in [3.63, 3.8) is 0 Å². The molecular formula is C22H29N3O3S. The summed E-state index contributed by atoms with van der Waals surface area (Å²) in [5, 5.41) is 3.17. The van der Waals surface area contributed by atoms with Crippen LogP contribution in [0.3, 0.4) is 0 Å². The number of rotatable bonds is 6. The Morgan fingerprint density at radius 2 is 1.69 bits per heavy atom. The topological polar surface area (TPSA) is 69.7 Å². The van der Waals surface area contributed by atoms with E-state index in [1.165, 1.54) is 22.7 Å². The molecule has 1 aliphatic rings. The van der Waals surface area contributed by atoms with Gasteiger partial charge in [0, 0.05) is 27.2 Å². The average Bonchev–Trinajstić information content (AvgIpc) is 2.73. The van der Waals surface area contributed by atoms with Crippen molar-refractivity contribution in [1.82, 2.24) is 13.9 Å². The molecule has 0 aromatic heterocycles. The first kappa shape index (κ1) is 21.5. The fraction of sp³-hybridized carbons (Fsp3) is 0.409. The summed E-state index contributed by atoms with van der Waals surface area (Å²) in [6, 6.07) is 17.7. The normalized spacial score (nSPS) is 19.1. The molecule has 0 aliphatic carbocycles. The third-order valence-electron chi connectivity index (χ3n) is 5.37. The summed E-state index contributed by atoms with van der Waals surface area (Å²) in [5.41, 5.74) is 3.16. The van der Waals surface area contributed by atoms with Crippen LogP contribution in [-0.4, -0.2) is 50.1 Å². The number of hydrogen-bond acceptors (Lipinski definition) is 3. The van der Waals surface area contributed by atoms with Crippen molar-refractivity contribution < 1.29 is 13.2 Å². The van der Waals surface area contributed by atoms with E-state index in [0.717, 1.165) is 16.7 Å². The van der Waals surface area contributed by atoms with Gasteiger partial charge in [-0.25, -0.2) is 0 Å². The summed E-state index contributed by atoms with van der Waals surface area (Å²) >= 11 is 0. The minimum atomic E-state index is -3.52. The molecule has 2 aromatic carbocycles. The molecule has 0 bridgehead atoms. The lowest BCUT2D eigenvalue weighted by atomic mass is 9.94. The van der Waals surface area contributed by atoms with Gasteiger partial charge in [-0.3, -0.25) is 4.79 Å². The third-order valence-corrected chi connectivity index (χ3v) is 7.28. The first-order valence-corrected chi connectivity index (χ1v) is 11.3. The number of carbonyl (C=O) groups is 1. The summed E-state index contributed by atoms with van der Waals surface area (Å²) in [7, 11) is -0.486. The number of nitrogens with zero attached hydrogens (tertiary/aromatic N) is 2. The second-order valence-corrected chi connectivity index (χ2v) is 9.89. The van der Waals surface area contributed by atoms with Crippen molar-refractivity contribution >= 4 is 16.1 Å². The zero-order valence-electron chi connectivity index (χ0n) is 17.2. The van der Waals surface area contributed by atoms with Crippen LogP contribution in [0, 0.1) is 12.8 Å². The van der Waals surface area contributed by atoms with Gasteiger partial charge in [0.2, 0.25) is 5.91 Å². The van der Waals surface area contributed by atoms with Crippen molar-refractivity contribution in [3.05, 3.63) is 71.3 Å². The molecule has 0 spiro atoms. The Morgan fingerprint density at radius 1 is 1.07 bits per heavy atom. The summed E-state index contributed by atoms with van der Waals surface area (Å²) in [4.78, 5) is 13.1. The Balaban J connectivity index is 1.80. The van der Waals surface area contributed by atoms with Crippen molar-refractivity contribution in [3.8, 4) is 0 Å². The predicted octanol–water partition coefficient (Wildman–Crippen LogP) is 2.72. The van der Waals surface area contributed by atoms with Crippen molar-refractivity contribution in [2.45, 2.75) is 25.8 Å². The highest BCUT2D eigenvalue weighted by atomic mass is 32.2.